The first-order valence-electron chi connectivity index (χ1n) is 8.76. The Morgan fingerprint density at radius 2 is 1.93 bits per heavy atom. The van der Waals surface area contributed by atoms with Crippen molar-refractivity contribution in [1.29, 1.82) is 0 Å². The molecular weight excluding hydrogens is 348 g/mol. The molecule has 0 bridgehead atoms. The molecule has 2 aliphatic heterocycles. The fourth-order valence-corrected chi connectivity index (χ4v) is 3.53. The number of methoxy groups -OCH3 is 2. The molecule has 0 aromatic heterocycles. The lowest BCUT2D eigenvalue weighted by Crippen LogP contribution is -2.07. The van der Waals surface area contributed by atoms with Crippen molar-refractivity contribution >= 4 is 0 Å². The molecule has 2 heterocycles. The Balaban J connectivity index is 1.74. The number of fused-ring (bicyclic) bond motifs is 2. The van der Waals surface area contributed by atoms with Gasteiger partial charge in [0.1, 0.15) is 12.7 Å². The summed E-state index contributed by atoms with van der Waals surface area (Å²) in [5, 5.41) is 0. The maximum Gasteiger partial charge on any atom is 0.231 e. The van der Waals surface area contributed by atoms with Gasteiger partial charge in [-0.25, -0.2) is 0 Å². The van der Waals surface area contributed by atoms with Gasteiger partial charge in [-0.15, -0.1) is 0 Å². The third kappa shape index (κ3) is 2.81. The summed E-state index contributed by atoms with van der Waals surface area (Å²) in [6.45, 7) is 6.39. The highest BCUT2D eigenvalue weighted by Gasteiger charge is 2.38. The molecule has 0 saturated heterocycles. The highest BCUT2D eigenvalue weighted by Crippen LogP contribution is 2.56. The van der Waals surface area contributed by atoms with Crippen LogP contribution < -0.4 is 28.4 Å². The highest BCUT2D eigenvalue weighted by molar-refractivity contribution is 5.65. The minimum atomic E-state index is -0.178. The second-order valence-corrected chi connectivity index (χ2v) is 6.40. The maximum atomic E-state index is 6.32. The molecule has 2 aromatic carbocycles. The van der Waals surface area contributed by atoms with Gasteiger partial charge in [0.15, 0.2) is 23.0 Å². The van der Waals surface area contributed by atoms with E-state index in [4.69, 9.17) is 28.4 Å². The smallest absolute Gasteiger partial charge is 0.231 e. The van der Waals surface area contributed by atoms with Gasteiger partial charge in [-0.2, -0.15) is 0 Å². The quantitative estimate of drug-likeness (QED) is 0.709. The maximum absolute atomic E-state index is 6.32. The standard InChI is InChI=1S/C21H22O6/c1-5-8-24-20-17(22-3)10-14-12(2)18(27-19(14)21(20)23-4)13-6-7-15-16(9-13)26-11-25-15/h5-7,9-10,12,18H,1,8,11H2,2-4H3. The van der Waals surface area contributed by atoms with Gasteiger partial charge < -0.3 is 28.4 Å². The topological polar surface area (TPSA) is 55.4 Å². The monoisotopic (exact) mass is 370 g/mol. The molecule has 2 aromatic rings. The summed E-state index contributed by atoms with van der Waals surface area (Å²) in [5.41, 5.74) is 2.02. The Hall–Kier alpha value is -3.02. The van der Waals surface area contributed by atoms with Crippen LogP contribution in [0.25, 0.3) is 0 Å². The predicted octanol–water partition coefficient (Wildman–Crippen LogP) is 4.23. The number of hydrogen-bond donors (Lipinski definition) is 0. The SMILES string of the molecule is C=CCOc1c(OC)cc2c(c1OC)OC(c1ccc3c(c1)OCO3)C2C. The molecule has 2 aliphatic rings. The van der Waals surface area contributed by atoms with E-state index < -0.39 is 0 Å². The molecule has 0 N–H and O–H groups in total. The van der Waals surface area contributed by atoms with Crippen LogP contribution in [0.3, 0.4) is 0 Å². The molecule has 27 heavy (non-hydrogen) atoms. The zero-order valence-corrected chi connectivity index (χ0v) is 15.6. The molecule has 6 nitrogen and oxygen atoms in total. The summed E-state index contributed by atoms with van der Waals surface area (Å²) in [6.07, 6.45) is 1.49. The second kappa shape index (κ2) is 6.95. The first-order valence-corrected chi connectivity index (χ1v) is 8.76. The number of ether oxygens (including phenoxy) is 6. The third-order valence-electron chi connectivity index (χ3n) is 4.87. The van der Waals surface area contributed by atoms with Crippen LogP contribution in [0.2, 0.25) is 0 Å². The van der Waals surface area contributed by atoms with Crippen LogP contribution in [0.1, 0.15) is 30.1 Å². The Morgan fingerprint density at radius 1 is 1.11 bits per heavy atom. The van der Waals surface area contributed by atoms with Gasteiger partial charge in [-0.3, -0.25) is 0 Å². The van der Waals surface area contributed by atoms with E-state index in [1.165, 1.54) is 0 Å². The van der Waals surface area contributed by atoms with Gasteiger partial charge in [-0.05, 0) is 23.8 Å². The molecule has 4 rings (SSSR count). The van der Waals surface area contributed by atoms with Gasteiger partial charge in [-0.1, -0.05) is 25.6 Å². The average molecular weight is 370 g/mol. The van der Waals surface area contributed by atoms with E-state index in [2.05, 4.69) is 13.5 Å². The lowest BCUT2D eigenvalue weighted by molar-refractivity contribution is 0.173. The summed E-state index contributed by atoms with van der Waals surface area (Å²) in [7, 11) is 3.20. The predicted molar refractivity (Wildman–Crippen MR) is 99.6 cm³/mol. The second-order valence-electron chi connectivity index (χ2n) is 6.40. The molecule has 2 unspecified atom stereocenters. The highest BCUT2D eigenvalue weighted by atomic mass is 16.7. The van der Waals surface area contributed by atoms with E-state index in [1.807, 2.05) is 24.3 Å². The van der Waals surface area contributed by atoms with Crippen LogP contribution in [0.5, 0.6) is 34.5 Å². The first-order chi connectivity index (χ1) is 13.2. The van der Waals surface area contributed by atoms with E-state index in [9.17, 15) is 0 Å². The van der Waals surface area contributed by atoms with Crippen LogP contribution in [-0.4, -0.2) is 27.6 Å². The molecule has 6 heteroatoms. The summed E-state index contributed by atoms with van der Waals surface area (Å²) in [5.74, 6) is 3.90. The van der Waals surface area contributed by atoms with Crippen molar-refractivity contribution in [1.82, 2.24) is 0 Å². The molecule has 0 amide bonds. The lowest BCUT2D eigenvalue weighted by atomic mass is 9.92. The zero-order valence-electron chi connectivity index (χ0n) is 15.6. The number of hydrogen-bond acceptors (Lipinski definition) is 6. The largest absolute Gasteiger partial charge is 0.493 e. The fourth-order valence-electron chi connectivity index (χ4n) is 3.53. The Morgan fingerprint density at radius 3 is 2.67 bits per heavy atom. The lowest BCUT2D eigenvalue weighted by Gasteiger charge is -2.17. The van der Waals surface area contributed by atoms with Gasteiger partial charge >= 0.3 is 0 Å². The van der Waals surface area contributed by atoms with E-state index in [-0.39, 0.29) is 18.8 Å². The molecule has 0 aliphatic carbocycles. The summed E-state index contributed by atoms with van der Waals surface area (Å²) in [4.78, 5) is 0. The number of benzene rings is 2. The average Bonchev–Trinajstić information content (AvgIpc) is 3.29. The summed E-state index contributed by atoms with van der Waals surface area (Å²) >= 11 is 0. The van der Waals surface area contributed by atoms with Gasteiger partial charge in [0.05, 0.1) is 14.2 Å². The normalized spacial score (nSPS) is 19.2. The summed E-state index contributed by atoms with van der Waals surface area (Å²) < 4.78 is 34.2. The van der Waals surface area contributed by atoms with Crippen molar-refractivity contribution in [2.75, 3.05) is 27.6 Å². The van der Waals surface area contributed by atoms with E-state index in [0.717, 1.165) is 22.6 Å². The van der Waals surface area contributed by atoms with Crippen molar-refractivity contribution in [3.05, 3.63) is 48.0 Å². The van der Waals surface area contributed by atoms with Crippen LogP contribution in [0.4, 0.5) is 0 Å². The van der Waals surface area contributed by atoms with E-state index in [1.54, 1.807) is 20.3 Å². The van der Waals surface area contributed by atoms with Crippen LogP contribution in [-0.2, 0) is 0 Å². The Labute approximate surface area is 158 Å². The zero-order chi connectivity index (χ0) is 19.0. The first kappa shape index (κ1) is 17.4. The summed E-state index contributed by atoms with van der Waals surface area (Å²) in [6, 6.07) is 7.83. The van der Waals surface area contributed by atoms with Crippen molar-refractivity contribution in [2.45, 2.75) is 18.9 Å². The molecule has 142 valence electrons. The van der Waals surface area contributed by atoms with Crippen LogP contribution >= 0.6 is 0 Å². The molecule has 0 spiro atoms. The third-order valence-corrected chi connectivity index (χ3v) is 4.87. The fraction of sp³-hybridized carbons (Fsp3) is 0.333. The van der Waals surface area contributed by atoms with E-state index in [0.29, 0.717) is 29.6 Å². The van der Waals surface area contributed by atoms with Crippen molar-refractivity contribution in [3.63, 3.8) is 0 Å². The Bertz CT molecular complexity index is 875. The van der Waals surface area contributed by atoms with Gasteiger partial charge in [0.2, 0.25) is 18.3 Å². The van der Waals surface area contributed by atoms with Crippen molar-refractivity contribution in [2.24, 2.45) is 0 Å². The van der Waals surface area contributed by atoms with Crippen LogP contribution in [0, 0.1) is 0 Å². The number of rotatable bonds is 6. The van der Waals surface area contributed by atoms with E-state index >= 15 is 0 Å². The van der Waals surface area contributed by atoms with Crippen molar-refractivity contribution < 1.29 is 28.4 Å². The minimum absolute atomic E-state index is 0.0941. The molecule has 0 radical (unpaired) electrons. The van der Waals surface area contributed by atoms with Gasteiger partial charge in [0.25, 0.3) is 0 Å². The van der Waals surface area contributed by atoms with Gasteiger partial charge in [0, 0.05) is 11.5 Å². The molecule has 2 atom stereocenters. The van der Waals surface area contributed by atoms with Crippen molar-refractivity contribution in [3.8, 4) is 34.5 Å². The molecular formula is C21H22O6. The van der Waals surface area contributed by atoms with Crippen LogP contribution in [0.15, 0.2) is 36.9 Å². The molecule has 0 fully saturated rings. The molecule has 0 saturated carbocycles. The Kier molecular flexibility index (Phi) is 4.48. The minimum Gasteiger partial charge on any atom is -0.493 e.